The van der Waals surface area contributed by atoms with Gasteiger partial charge in [0.25, 0.3) is 0 Å². The Balaban J connectivity index is 0.000000192. The van der Waals surface area contributed by atoms with Gasteiger partial charge in [-0.1, -0.05) is 25.1 Å². The second-order valence-corrected chi connectivity index (χ2v) is 8.93. The molecule has 1 fully saturated rings. The molecule has 4 aromatic rings. The van der Waals surface area contributed by atoms with Gasteiger partial charge >= 0.3 is 11.8 Å². The summed E-state index contributed by atoms with van der Waals surface area (Å²) in [5, 5.41) is 15.5. The summed E-state index contributed by atoms with van der Waals surface area (Å²) in [4.78, 5) is 30.0. The number of aromatic nitrogens is 5. The van der Waals surface area contributed by atoms with Crippen molar-refractivity contribution >= 4 is 45.1 Å². The number of nitrogens with one attached hydrogen (secondary N) is 2. The summed E-state index contributed by atoms with van der Waals surface area (Å²) >= 11 is 0. The number of amides is 2. The van der Waals surface area contributed by atoms with E-state index < -0.39 is 11.8 Å². The van der Waals surface area contributed by atoms with Crippen LogP contribution in [0, 0.1) is 5.92 Å². The van der Waals surface area contributed by atoms with Crippen LogP contribution < -0.4 is 11.1 Å². The Morgan fingerprint density at radius 1 is 1.24 bits per heavy atom. The van der Waals surface area contributed by atoms with Crippen LogP contribution in [0.25, 0.3) is 21.8 Å². The van der Waals surface area contributed by atoms with Crippen molar-refractivity contribution in [2.75, 3.05) is 24.1 Å². The Bertz CT molecular complexity index is 1280. The fourth-order valence-corrected chi connectivity index (χ4v) is 3.99. The number of pyridine rings is 1. The number of nitrogen functional groups attached to an aromatic ring is 1. The number of hydrogen-bond acceptors (Lipinski definition) is 6. The van der Waals surface area contributed by atoms with Crippen molar-refractivity contribution < 1.29 is 9.59 Å². The zero-order valence-corrected chi connectivity index (χ0v) is 19.7. The Morgan fingerprint density at radius 2 is 2.03 bits per heavy atom. The van der Waals surface area contributed by atoms with Gasteiger partial charge in [-0.15, -0.1) is 0 Å². The number of H-pyrrole nitrogens is 1. The van der Waals surface area contributed by atoms with Crippen LogP contribution in [0.1, 0.15) is 39.7 Å². The largest absolute Gasteiger partial charge is 0.383 e. The summed E-state index contributed by atoms with van der Waals surface area (Å²) in [6.45, 7) is 7.58. The number of hydrogen-bond donors (Lipinski definition) is 3. The lowest BCUT2D eigenvalue weighted by Crippen LogP contribution is -2.44. The quantitative estimate of drug-likeness (QED) is 0.391. The number of anilines is 2. The first-order valence-corrected chi connectivity index (χ1v) is 11.4. The molecule has 34 heavy (non-hydrogen) atoms. The van der Waals surface area contributed by atoms with Crippen LogP contribution >= 0.6 is 0 Å². The summed E-state index contributed by atoms with van der Waals surface area (Å²) in [6, 6.07) is 8.61. The van der Waals surface area contributed by atoms with Gasteiger partial charge in [-0.05, 0) is 38.7 Å². The van der Waals surface area contributed by atoms with E-state index in [0.29, 0.717) is 47.5 Å². The maximum absolute atomic E-state index is 12.2. The molecule has 0 saturated carbocycles. The second kappa shape index (κ2) is 9.90. The van der Waals surface area contributed by atoms with Gasteiger partial charge in [0.05, 0.1) is 34.5 Å². The van der Waals surface area contributed by atoms with Crippen LogP contribution in [0.2, 0.25) is 0 Å². The lowest BCUT2D eigenvalue weighted by Gasteiger charge is -2.30. The molecule has 178 valence electrons. The number of nitrogens with two attached hydrogens (primary N) is 1. The Kier molecular flexibility index (Phi) is 6.76. The van der Waals surface area contributed by atoms with Crippen LogP contribution in [-0.4, -0.2) is 54.8 Å². The smallest absolute Gasteiger partial charge is 0.314 e. The highest BCUT2D eigenvalue weighted by atomic mass is 16.2. The van der Waals surface area contributed by atoms with Crippen molar-refractivity contribution in [3.05, 3.63) is 42.9 Å². The van der Waals surface area contributed by atoms with E-state index in [1.165, 1.54) is 17.8 Å². The average Bonchev–Trinajstić information content (AvgIpc) is 3.49. The fourth-order valence-electron chi connectivity index (χ4n) is 3.99. The first-order valence-electron chi connectivity index (χ1n) is 11.4. The highest BCUT2D eigenvalue weighted by Crippen LogP contribution is 2.24. The van der Waals surface area contributed by atoms with Gasteiger partial charge in [0.15, 0.2) is 0 Å². The lowest BCUT2D eigenvalue weighted by atomic mass is 10.0. The van der Waals surface area contributed by atoms with E-state index in [-0.39, 0.29) is 0 Å². The topological polar surface area (TPSA) is 135 Å². The van der Waals surface area contributed by atoms with Crippen molar-refractivity contribution in [3.63, 3.8) is 0 Å². The number of carbonyl (C=O) groups is 2. The molecule has 1 unspecified atom stereocenters. The van der Waals surface area contributed by atoms with Gasteiger partial charge in [0.2, 0.25) is 0 Å². The number of fused-ring (bicyclic) bond motifs is 2. The third-order valence-electron chi connectivity index (χ3n) is 5.86. The van der Waals surface area contributed by atoms with E-state index in [9.17, 15) is 9.59 Å². The number of piperidine rings is 1. The molecule has 2 amide bonds. The number of aromatic amines is 1. The Hall–Kier alpha value is -3.95. The normalized spacial score (nSPS) is 15.9. The molecule has 4 N–H and O–H groups in total. The molecular weight excluding hydrogens is 432 g/mol. The lowest BCUT2D eigenvalue weighted by molar-refractivity contribution is -0.144. The zero-order chi connectivity index (χ0) is 24.2. The maximum Gasteiger partial charge on any atom is 0.314 e. The van der Waals surface area contributed by atoms with Crippen LogP contribution in [-0.2, 0) is 9.59 Å². The van der Waals surface area contributed by atoms with Crippen LogP contribution in [0.5, 0.6) is 0 Å². The molecule has 0 spiro atoms. The summed E-state index contributed by atoms with van der Waals surface area (Å²) < 4.78 is 1.99. The molecule has 4 heterocycles. The van der Waals surface area contributed by atoms with Crippen LogP contribution in [0.4, 0.5) is 11.5 Å². The maximum atomic E-state index is 12.2. The third-order valence-corrected chi connectivity index (χ3v) is 5.86. The van der Waals surface area contributed by atoms with Crippen LogP contribution in [0.15, 0.2) is 42.9 Å². The average molecular weight is 463 g/mol. The first-order chi connectivity index (χ1) is 16.3. The van der Waals surface area contributed by atoms with Crippen molar-refractivity contribution in [2.45, 2.75) is 39.7 Å². The minimum absolute atomic E-state index is 0.318. The van der Waals surface area contributed by atoms with Gasteiger partial charge < -0.3 is 16.0 Å². The van der Waals surface area contributed by atoms with Gasteiger partial charge in [-0.2, -0.15) is 10.2 Å². The number of carbonyl (C=O) groups excluding carboxylic acids is 2. The highest BCUT2D eigenvalue weighted by Gasteiger charge is 2.26. The van der Waals surface area contributed by atoms with Crippen LogP contribution in [0.3, 0.4) is 0 Å². The van der Waals surface area contributed by atoms with Crippen molar-refractivity contribution in [3.8, 4) is 0 Å². The molecule has 1 aliphatic rings. The second-order valence-electron chi connectivity index (χ2n) is 8.93. The van der Waals surface area contributed by atoms with Crippen molar-refractivity contribution in [1.29, 1.82) is 0 Å². The Morgan fingerprint density at radius 3 is 2.76 bits per heavy atom. The Labute approximate surface area is 197 Å². The number of likely N-dealkylation sites (tertiary alicyclic amines) is 1. The summed E-state index contributed by atoms with van der Waals surface area (Å²) in [7, 11) is 0. The zero-order valence-electron chi connectivity index (χ0n) is 19.7. The number of rotatable bonds is 2. The number of benzene rings is 1. The molecule has 0 bridgehead atoms. The van der Waals surface area contributed by atoms with E-state index >= 15 is 0 Å². The predicted molar refractivity (Wildman–Crippen MR) is 132 cm³/mol. The summed E-state index contributed by atoms with van der Waals surface area (Å²) in [5.41, 5.74) is 7.76. The molecule has 5 rings (SSSR count). The first kappa shape index (κ1) is 23.2. The van der Waals surface area contributed by atoms with E-state index in [1.54, 1.807) is 4.90 Å². The van der Waals surface area contributed by atoms with Crippen molar-refractivity contribution in [1.82, 2.24) is 29.9 Å². The number of nitrogens with zero attached hydrogens (tertiary/aromatic N) is 5. The van der Waals surface area contributed by atoms with Gasteiger partial charge in [-0.3, -0.25) is 19.4 Å². The van der Waals surface area contributed by atoms with E-state index in [1.807, 2.05) is 22.9 Å². The molecule has 10 heteroatoms. The minimum Gasteiger partial charge on any atom is -0.383 e. The van der Waals surface area contributed by atoms with E-state index in [4.69, 9.17) is 5.73 Å². The highest BCUT2D eigenvalue weighted by molar-refractivity contribution is 6.40. The minimum atomic E-state index is -0.670. The molecule has 0 radical (unpaired) electrons. The molecule has 1 saturated heterocycles. The molecular formula is C24H30N8O2. The fraction of sp³-hybridized carbons (Fsp3) is 0.375. The molecule has 0 aliphatic carbocycles. The molecule has 1 aromatic carbocycles. The third kappa shape index (κ3) is 5.00. The summed E-state index contributed by atoms with van der Waals surface area (Å²) in [5.74, 6) is -0.450. The molecule has 3 aromatic heterocycles. The molecule has 1 atom stereocenters. The van der Waals surface area contributed by atoms with Gasteiger partial charge in [-0.25, -0.2) is 4.98 Å². The molecule has 10 nitrogen and oxygen atoms in total. The van der Waals surface area contributed by atoms with Gasteiger partial charge in [0, 0.05) is 30.7 Å². The van der Waals surface area contributed by atoms with E-state index in [2.05, 4.69) is 58.6 Å². The molecule has 1 aliphatic heterocycles. The van der Waals surface area contributed by atoms with Gasteiger partial charge in [0.1, 0.15) is 5.82 Å². The van der Waals surface area contributed by atoms with Crippen molar-refractivity contribution in [2.24, 2.45) is 5.92 Å². The SMILES string of the molecule is CC(C)n1cc2ccccc2n1.CC1CCCN(C(=O)C(=O)Nc2cnc(N)c3cn[nH]c23)C1. The monoisotopic (exact) mass is 462 g/mol. The standard InChI is InChI=1S/C14H18N6O2.C10H12N2/c1-8-3-2-4-20(7-8)14(22)13(21)18-10-6-16-12(15)9-5-17-19-11(9)10;1-8(2)12-7-9-5-3-4-6-10(9)11-12/h5-6,8H,2-4,7H2,1H3,(H2,15,16)(H,17,19)(H,18,21);3-8H,1-2H3. The summed E-state index contributed by atoms with van der Waals surface area (Å²) in [6.07, 6.45) is 7.04. The predicted octanol–water partition coefficient (Wildman–Crippen LogP) is 3.35. The van der Waals surface area contributed by atoms with E-state index in [0.717, 1.165) is 18.4 Å².